The van der Waals surface area contributed by atoms with Crippen molar-refractivity contribution in [3.05, 3.63) is 40.3 Å². The molecule has 0 bridgehead atoms. The van der Waals surface area contributed by atoms with Gasteiger partial charge in [0.15, 0.2) is 0 Å². The molecule has 1 fully saturated rings. The van der Waals surface area contributed by atoms with E-state index in [1.807, 2.05) is 19.4 Å². The maximum absolute atomic E-state index is 13.9. The third kappa shape index (κ3) is 4.62. The highest BCUT2D eigenvalue weighted by molar-refractivity contribution is 7.09. The van der Waals surface area contributed by atoms with Gasteiger partial charge < -0.3 is 4.90 Å². The second-order valence-corrected chi connectivity index (χ2v) is 7.56. The second-order valence-electron chi connectivity index (χ2n) is 6.53. The number of halogens is 1. The van der Waals surface area contributed by atoms with Crippen molar-refractivity contribution in [2.75, 3.05) is 26.7 Å². The Morgan fingerprint density at radius 2 is 2.35 bits per heavy atom. The van der Waals surface area contributed by atoms with Gasteiger partial charge in [-0.15, -0.1) is 11.3 Å². The molecule has 0 amide bonds. The SMILES string of the molecule is CN(CCc1cccs1)C[C@@H]1C[C@H](F)CN1Cc1cnn(C)c1. The van der Waals surface area contributed by atoms with Crippen LogP contribution in [-0.4, -0.2) is 58.5 Å². The number of hydrogen-bond donors (Lipinski definition) is 0. The van der Waals surface area contributed by atoms with Crippen LogP contribution in [0.1, 0.15) is 16.9 Å². The van der Waals surface area contributed by atoms with Gasteiger partial charge in [0.1, 0.15) is 6.17 Å². The van der Waals surface area contributed by atoms with E-state index in [1.54, 1.807) is 16.0 Å². The molecular formula is C17H25FN4S. The summed E-state index contributed by atoms with van der Waals surface area (Å²) in [5.74, 6) is 0. The Kier molecular flexibility index (Phi) is 5.46. The van der Waals surface area contributed by atoms with E-state index in [0.29, 0.717) is 19.0 Å². The molecule has 23 heavy (non-hydrogen) atoms. The molecule has 1 saturated heterocycles. The number of nitrogens with zero attached hydrogens (tertiary/aromatic N) is 4. The molecule has 0 aromatic carbocycles. The van der Waals surface area contributed by atoms with Crippen LogP contribution in [0.5, 0.6) is 0 Å². The molecule has 3 heterocycles. The van der Waals surface area contributed by atoms with Crippen LogP contribution in [0.15, 0.2) is 29.9 Å². The highest BCUT2D eigenvalue weighted by Crippen LogP contribution is 2.23. The van der Waals surface area contributed by atoms with Crippen LogP contribution in [0.25, 0.3) is 0 Å². The van der Waals surface area contributed by atoms with Crippen molar-refractivity contribution in [2.24, 2.45) is 7.05 Å². The standard InChI is InChI=1S/C17H25FN4S/c1-20(6-5-17-4-3-7-23-17)13-16-8-15(18)12-22(16)11-14-9-19-21(2)10-14/h3-4,7,9-10,15-16H,5-6,8,11-13H2,1-2H3/t15-,16-/m0/s1. The van der Waals surface area contributed by atoms with Gasteiger partial charge in [0, 0.05) is 55.9 Å². The maximum Gasteiger partial charge on any atom is 0.114 e. The molecule has 3 rings (SSSR count). The predicted octanol–water partition coefficient (Wildman–Crippen LogP) is 2.57. The first-order valence-corrected chi connectivity index (χ1v) is 9.04. The first kappa shape index (κ1) is 16.6. The average molecular weight is 336 g/mol. The molecule has 1 aliphatic heterocycles. The predicted molar refractivity (Wildman–Crippen MR) is 92.4 cm³/mol. The van der Waals surface area contributed by atoms with E-state index in [2.05, 4.69) is 39.5 Å². The first-order chi connectivity index (χ1) is 11.1. The zero-order valence-corrected chi connectivity index (χ0v) is 14.7. The molecule has 2 atom stereocenters. The summed E-state index contributed by atoms with van der Waals surface area (Å²) in [5.41, 5.74) is 1.16. The number of thiophene rings is 1. The number of likely N-dealkylation sites (tertiary alicyclic amines) is 1. The number of alkyl halides is 1. The first-order valence-electron chi connectivity index (χ1n) is 8.16. The summed E-state index contributed by atoms with van der Waals surface area (Å²) in [4.78, 5) is 6.01. The maximum atomic E-state index is 13.9. The van der Waals surface area contributed by atoms with Crippen molar-refractivity contribution in [1.29, 1.82) is 0 Å². The largest absolute Gasteiger partial charge is 0.304 e. The van der Waals surface area contributed by atoms with Gasteiger partial charge in [-0.2, -0.15) is 5.10 Å². The zero-order chi connectivity index (χ0) is 16.2. The van der Waals surface area contributed by atoms with Gasteiger partial charge in [-0.1, -0.05) is 6.07 Å². The molecule has 2 aromatic heterocycles. The summed E-state index contributed by atoms with van der Waals surface area (Å²) >= 11 is 1.81. The van der Waals surface area contributed by atoms with Crippen molar-refractivity contribution in [3.8, 4) is 0 Å². The minimum absolute atomic E-state index is 0.290. The molecular weight excluding hydrogens is 311 g/mol. The van der Waals surface area contributed by atoms with Crippen molar-refractivity contribution in [3.63, 3.8) is 0 Å². The lowest BCUT2D eigenvalue weighted by Gasteiger charge is -2.28. The Balaban J connectivity index is 1.52. The lowest BCUT2D eigenvalue weighted by Crippen LogP contribution is -2.39. The Labute approximate surface area is 141 Å². The molecule has 0 spiro atoms. The smallest absolute Gasteiger partial charge is 0.114 e. The van der Waals surface area contributed by atoms with Gasteiger partial charge in [0.05, 0.1) is 6.20 Å². The van der Waals surface area contributed by atoms with Crippen LogP contribution in [-0.2, 0) is 20.0 Å². The summed E-state index contributed by atoms with van der Waals surface area (Å²) in [6.07, 6.45) is 4.90. The van der Waals surface area contributed by atoms with Crippen molar-refractivity contribution < 1.29 is 4.39 Å². The molecule has 2 aromatic rings. The van der Waals surface area contributed by atoms with E-state index in [0.717, 1.165) is 31.6 Å². The van der Waals surface area contributed by atoms with Crippen LogP contribution in [0.3, 0.4) is 0 Å². The molecule has 6 heteroatoms. The number of aromatic nitrogens is 2. The zero-order valence-electron chi connectivity index (χ0n) is 13.9. The molecule has 4 nitrogen and oxygen atoms in total. The van der Waals surface area contributed by atoms with Gasteiger partial charge in [-0.25, -0.2) is 4.39 Å². The molecule has 0 N–H and O–H groups in total. The summed E-state index contributed by atoms with van der Waals surface area (Å²) in [7, 11) is 4.06. The van der Waals surface area contributed by atoms with Crippen molar-refractivity contribution >= 4 is 11.3 Å². The number of aryl methyl sites for hydroxylation is 1. The average Bonchev–Trinajstić information content (AvgIpc) is 3.21. The monoisotopic (exact) mass is 336 g/mol. The van der Waals surface area contributed by atoms with E-state index in [4.69, 9.17) is 0 Å². The summed E-state index contributed by atoms with van der Waals surface area (Å²) in [6.45, 7) is 3.27. The summed E-state index contributed by atoms with van der Waals surface area (Å²) < 4.78 is 15.7. The lowest BCUT2D eigenvalue weighted by atomic mass is 10.2. The number of rotatable bonds is 7. The van der Waals surface area contributed by atoms with Gasteiger partial charge in [0.2, 0.25) is 0 Å². The van der Waals surface area contributed by atoms with E-state index in [9.17, 15) is 4.39 Å². The van der Waals surface area contributed by atoms with E-state index < -0.39 is 6.17 Å². The Bertz CT molecular complexity index is 598. The van der Waals surface area contributed by atoms with Gasteiger partial charge in [-0.05, 0) is 31.3 Å². The second kappa shape index (κ2) is 7.55. The van der Waals surface area contributed by atoms with Gasteiger partial charge in [-0.3, -0.25) is 9.58 Å². The van der Waals surface area contributed by atoms with Crippen LogP contribution in [0.2, 0.25) is 0 Å². The molecule has 0 radical (unpaired) electrons. The van der Waals surface area contributed by atoms with Crippen LogP contribution >= 0.6 is 11.3 Å². The fraction of sp³-hybridized carbons (Fsp3) is 0.588. The topological polar surface area (TPSA) is 24.3 Å². The quantitative estimate of drug-likeness (QED) is 0.777. The molecule has 0 unspecified atom stereocenters. The molecule has 1 aliphatic rings. The van der Waals surface area contributed by atoms with Crippen LogP contribution in [0, 0.1) is 0 Å². The van der Waals surface area contributed by atoms with Crippen molar-refractivity contribution in [2.45, 2.75) is 31.6 Å². The third-order valence-corrected chi connectivity index (χ3v) is 5.40. The fourth-order valence-electron chi connectivity index (χ4n) is 3.30. The van der Waals surface area contributed by atoms with E-state index in [-0.39, 0.29) is 0 Å². The fourth-order valence-corrected chi connectivity index (χ4v) is 4.00. The summed E-state index contributed by atoms with van der Waals surface area (Å²) in [6, 6.07) is 4.57. The van der Waals surface area contributed by atoms with E-state index >= 15 is 0 Å². The van der Waals surface area contributed by atoms with Crippen LogP contribution in [0.4, 0.5) is 4.39 Å². The number of hydrogen-bond acceptors (Lipinski definition) is 4. The van der Waals surface area contributed by atoms with Gasteiger partial charge >= 0.3 is 0 Å². The Morgan fingerprint density at radius 3 is 3.04 bits per heavy atom. The highest BCUT2D eigenvalue weighted by Gasteiger charge is 2.32. The highest BCUT2D eigenvalue weighted by atomic mass is 32.1. The van der Waals surface area contributed by atoms with Crippen LogP contribution < -0.4 is 0 Å². The number of likely N-dealkylation sites (N-methyl/N-ethyl adjacent to an activating group) is 1. The molecule has 126 valence electrons. The van der Waals surface area contributed by atoms with E-state index in [1.165, 1.54) is 4.88 Å². The molecule has 0 aliphatic carbocycles. The minimum Gasteiger partial charge on any atom is -0.304 e. The normalized spacial score (nSPS) is 22.3. The van der Waals surface area contributed by atoms with Crippen molar-refractivity contribution in [1.82, 2.24) is 19.6 Å². The molecule has 0 saturated carbocycles. The lowest BCUT2D eigenvalue weighted by molar-refractivity contribution is 0.185. The third-order valence-electron chi connectivity index (χ3n) is 4.46. The van der Waals surface area contributed by atoms with Gasteiger partial charge in [0.25, 0.3) is 0 Å². The summed E-state index contributed by atoms with van der Waals surface area (Å²) in [5, 5.41) is 6.33. The Hall–Kier alpha value is -1.24. The Morgan fingerprint density at radius 1 is 1.48 bits per heavy atom. The minimum atomic E-state index is -0.706.